The third-order valence-electron chi connectivity index (χ3n) is 4.78. The van der Waals surface area contributed by atoms with Crippen LogP contribution in [0.15, 0.2) is 30.6 Å². The lowest BCUT2D eigenvalue weighted by atomic mass is 9.91. The molecule has 0 fully saturated rings. The second kappa shape index (κ2) is 7.48. The summed E-state index contributed by atoms with van der Waals surface area (Å²) in [6.07, 6.45) is 3.76. The molecule has 1 amide bonds. The van der Waals surface area contributed by atoms with Crippen molar-refractivity contribution in [3.05, 3.63) is 52.6 Å². The van der Waals surface area contributed by atoms with Crippen molar-refractivity contribution < 1.29 is 4.79 Å². The van der Waals surface area contributed by atoms with Gasteiger partial charge in [-0.05, 0) is 38.0 Å². The summed E-state index contributed by atoms with van der Waals surface area (Å²) < 4.78 is 2.11. The van der Waals surface area contributed by atoms with Gasteiger partial charge < -0.3 is 15.2 Å². The quantitative estimate of drug-likeness (QED) is 0.706. The van der Waals surface area contributed by atoms with Crippen LogP contribution >= 0.6 is 11.3 Å². The van der Waals surface area contributed by atoms with Gasteiger partial charge >= 0.3 is 0 Å². The first-order chi connectivity index (χ1) is 13.1. The normalized spacial score (nSPS) is 16.0. The Labute approximate surface area is 161 Å². The Bertz CT molecular complexity index is 963. The monoisotopic (exact) mass is 382 g/mol. The SMILES string of the molecule is CCNc1nc(C)c(C(=O)Nc2cccc(C3CCc4nncn4C3)c2)s1. The van der Waals surface area contributed by atoms with Crippen LogP contribution in [0.25, 0.3) is 0 Å². The number of amides is 1. The molecule has 8 heteroatoms. The van der Waals surface area contributed by atoms with Crippen LogP contribution in [0.2, 0.25) is 0 Å². The van der Waals surface area contributed by atoms with Crippen LogP contribution in [0, 0.1) is 6.92 Å². The van der Waals surface area contributed by atoms with Crippen molar-refractivity contribution in [3.63, 3.8) is 0 Å². The van der Waals surface area contributed by atoms with E-state index in [0.29, 0.717) is 10.8 Å². The molecular formula is C19H22N6OS. The summed E-state index contributed by atoms with van der Waals surface area (Å²) in [4.78, 5) is 17.7. The number of hydrogen-bond donors (Lipinski definition) is 2. The van der Waals surface area contributed by atoms with E-state index in [0.717, 1.165) is 48.3 Å². The van der Waals surface area contributed by atoms with Gasteiger partial charge in [0.1, 0.15) is 17.0 Å². The number of aryl methyl sites for hydroxylation is 2. The molecule has 0 bridgehead atoms. The number of nitrogens with zero attached hydrogens (tertiary/aromatic N) is 4. The van der Waals surface area contributed by atoms with E-state index < -0.39 is 0 Å². The zero-order valence-corrected chi connectivity index (χ0v) is 16.2. The first-order valence-electron chi connectivity index (χ1n) is 9.13. The summed E-state index contributed by atoms with van der Waals surface area (Å²) in [5, 5.41) is 15.1. The molecule has 1 aliphatic rings. The molecule has 0 saturated heterocycles. The summed E-state index contributed by atoms with van der Waals surface area (Å²) in [5.74, 6) is 1.33. The highest BCUT2D eigenvalue weighted by Gasteiger charge is 2.21. The minimum Gasteiger partial charge on any atom is -0.362 e. The molecule has 1 aliphatic heterocycles. The zero-order chi connectivity index (χ0) is 18.8. The molecule has 27 heavy (non-hydrogen) atoms. The van der Waals surface area contributed by atoms with Crippen LogP contribution in [-0.2, 0) is 13.0 Å². The van der Waals surface area contributed by atoms with Crippen molar-refractivity contribution in [1.82, 2.24) is 19.7 Å². The molecule has 0 spiro atoms. The molecule has 4 rings (SSSR count). The zero-order valence-electron chi connectivity index (χ0n) is 15.4. The average molecular weight is 382 g/mol. The maximum Gasteiger partial charge on any atom is 0.267 e. The first-order valence-corrected chi connectivity index (χ1v) is 9.95. The fourth-order valence-electron chi connectivity index (χ4n) is 3.42. The topological polar surface area (TPSA) is 84.7 Å². The van der Waals surface area contributed by atoms with Crippen molar-refractivity contribution in [2.24, 2.45) is 0 Å². The largest absolute Gasteiger partial charge is 0.362 e. The van der Waals surface area contributed by atoms with E-state index in [4.69, 9.17) is 0 Å². The van der Waals surface area contributed by atoms with E-state index in [1.807, 2.05) is 26.0 Å². The number of thiazole rings is 1. The number of carbonyl (C=O) groups excluding carboxylic acids is 1. The molecule has 0 saturated carbocycles. The molecule has 1 aromatic carbocycles. The highest BCUT2D eigenvalue weighted by molar-refractivity contribution is 7.17. The molecule has 140 valence electrons. The van der Waals surface area contributed by atoms with Crippen LogP contribution in [0.3, 0.4) is 0 Å². The fraction of sp³-hybridized carbons (Fsp3) is 0.368. The Hall–Kier alpha value is -2.74. The Kier molecular flexibility index (Phi) is 4.89. The third-order valence-corrected chi connectivity index (χ3v) is 5.89. The number of benzene rings is 1. The smallest absolute Gasteiger partial charge is 0.267 e. The number of aromatic nitrogens is 4. The predicted molar refractivity (Wildman–Crippen MR) is 106 cm³/mol. The van der Waals surface area contributed by atoms with Crippen LogP contribution < -0.4 is 10.6 Å². The Morgan fingerprint density at radius 3 is 3.15 bits per heavy atom. The molecule has 0 aliphatic carbocycles. The van der Waals surface area contributed by atoms with Crippen molar-refractivity contribution in [2.75, 3.05) is 17.2 Å². The summed E-state index contributed by atoms with van der Waals surface area (Å²) in [6.45, 7) is 5.53. The van der Waals surface area contributed by atoms with Gasteiger partial charge in [-0.2, -0.15) is 0 Å². The second-order valence-corrected chi connectivity index (χ2v) is 7.68. The molecule has 7 nitrogen and oxygen atoms in total. The lowest BCUT2D eigenvalue weighted by molar-refractivity contribution is 0.103. The average Bonchev–Trinajstić information content (AvgIpc) is 3.28. The standard InChI is InChI=1S/C19H22N6OS/c1-3-20-19-22-12(2)17(27-19)18(26)23-15-6-4-5-13(9-15)14-7-8-16-24-21-11-25(16)10-14/h4-6,9,11,14H,3,7-8,10H2,1-2H3,(H,20,22)(H,23,26). The van der Waals surface area contributed by atoms with Crippen LogP contribution in [0.4, 0.5) is 10.8 Å². The van der Waals surface area contributed by atoms with Crippen molar-refractivity contribution in [3.8, 4) is 0 Å². The van der Waals surface area contributed by atoms with E-state index in [1.54, 1.807) is 6.33 Å². The maximum absolute atomic E-state index is 12.7. The van der Waals surface area contributed by atoms with Crippen LogP contribution in [-0.4, -0.2) is 32.2 Å². The van der Waals surface area contributed by atoms with Crippen molar-refractivity contribution in [1.29, 1.82) is 0 Å². The minimum atomic E-state index is -0.115. The molecular weight excluding hydrogens is 360 g/mol. The molecule has 3 heterocycles. The van der Waals surface area contributed by atoms with Gasteiger partial charge in [0.15, 0.2) is 5.13 Å². The molecule has 2 aromatic heterocycles. The van der Waals surface area contributed by atoms with Gasteiger partial charge in [-0.15, -0.1) is 10.2 Å². The van der Waals surface area contributed by atoms with Gasteiger partial charge in [-0.3, -0.25) is 4.79 Å². The summed E-state index contributed by atoms with van der Waals surface area (Å²) in [7, 11) is 0. The van der Waals surface area contributed by atoms with Crippen LogP contribution in [0.1, 0.15) is 46.0 Å². The lowest BCUT2D eigenvalue weighted by Crippen LogP contribution is -2.19. The van der Waals surface area contributed by atoms with E-state index in [2.05, 4.69) is 42.5 Å². The van der Waals surface area contributed by atoms with Crippen LogP contribution in [0.5, 0.6) is 0 Å². The number of rotatable bonds is 5. The van der Waals surface area contributed by atoms with Gasteiger partial charge in [0.25, 0.3) is 5.91 Å². The number of anilines is 2. The third kappa shape index (κ3) is 3.71. The van der Waals surface area contributed by atoms with Gasteiger partial charge in [-0.25, -0.2) is 4.98 Å². The predicted octanol–water partition coefficient (Wildman–Crippen LogP) is 3.46. The fourth-order valence-corrected chi connectivity index (χ4v) is 4.35. The number of carbonyl (C=O) groups is 1. The number of fused-ring (bicyclic) bond motifs is 1. The Morgan fingerprint density at radius 1 is 1.41 bits per heavy atom. The lowest BCUT2D eigenvalue weighted by Gasteiger charge is -2.23. The Morgan fingerprint density at radius 2 is 2.30 bits per heavy atom. The van der Waals surface area contributed by atoms with Crippen molar-refractivity contribution >= 4 is 28.1 Å². The van der Waals surface area contributed by atoms with Gasteiger partial charge in [0.05, 0.1) is 5.69 Å². The molecule has 3 aromatic rings. The van der Waals surface area contributed by atoms with Gasteiger partial charge in [0.2, 0.25) is 0 Å². The minimum absolute atomic E-state index is 0.115. The highest BCUT2D eigenvalue weighted by Crippen LogP contribution is 2.30. The van der Waals surface area contributed by atoms with E-state index in [1.165, 1.54) is 16.9 Å². The highest BCUT2D eigenvalue weighted by atomic mass is 32.1. The van der Waals surface area contributed by atoms with E-state index in [-0.39, 0.29) is 5.91 Å². The van der Waals surface area contributed by atoms with E-state index >= 15 is 0 Å². The molecule has 2 N–H and O–H groups in total. The summed E-state index contributed by atoms with van der Waals surface area (Å²) in [6, 6.07) is 8.11. The maximum atomic E-state index is 12.7. The first kappa shape index (κ1) is 17.7. The number of hydrogen-bond acceptors (Lipinski definition) is 6. The number of nitrogens with one attached hydrogen (secondary N) is 2. The second-order valence-electron chi connectivity index (χ2n) is 6.68. The van der Waals surface area contributed by atoms with Gasteiger partial charge in [-0.1, -0.05) is 23.5 Å². The molecule has 1 atom stereocenters. The van der Waals surface area contributed by atoms with E-state index in [9.17, 15) is 4.79 Å². The van der Waals surface area contributed by atoms with Gasteiger partial charge in [0, 0.05) is 31.1 Å². The van der Waals surface area contributed by atoms with Crippen molar-refractivity contribution in [2.45, 2.75) is 39.2 Å². The molecule has 0 radical (unpaired) electrons. The summed E-state index contributed by atoms with van der Waals surface area (Å²) in [5.41, 5.74) is 2.78. The Balaban J connectivity index is 1.49. The molecule has 1 unspecified atom stereocenters. The summed E-state index contributed by atoms with van der Waals surface area (Å²) >= 11 is 1.39.